The summed E-state index contributed by atoms with van der Waals surface area (Å²) in [7, 11) is 0. The van der Waals surface area contributed by atoms with Crippen molar-refractivity contribution in [3.8, 4) is 11.5 Å². The summed E-state index contributed by atoms with van der Waals surface area (Å²) in [6.45, 7) is 6.74. The molecule has 1 aliphatic rings. The molecule has 2 aromatic rings. The zero-order chi connectivity index (χ0) is 21.9. The van der Waals surface area contributed by atoms with Crippen LogP contribution in [0, 0.1) is 0 Å². The first kappa shape index (κ1) is 26.7. The Bertz CT molecular complexity index is 785. The van der Waals surface area contributed by atoms with Crippen LogP contribution in [0.1, 0.15) is 62.1 Å². The summed E-state index contributed by atoms with van der Waals surface area (Å²) in [4.78, 5) is 2.66. The number of aromatic hydroxyl groups is 2. The number of fused-ring (bicyclic) bond motifs is 1. The highest BCUT2D eigenvalue weighted by atomic mass is 79.9. The van der Waals surface area contributed by atoms with Crippen molar-refractivity contribution in [1.82, 2.24) is 10.2 Å². The Morgan fingerprint density at radius 2 is 1.72 bits per heavy atom. The quantitative estimate of drug-likeness (QED) is 0.244. The summed E-state index contributed by atoms with van der Waals surface area (Å²) in [5, 5.41) is 23.5. The van der Waals surface area contributed by atoms with Crippen molar-refractivity contribution in [2.24, 2.45) is 0 Å². The zero-order valence-corrected chi connectivity index (χ0v) is 21.3. The SMILES string of the molecule is Br.CCCN(CCCCCCNCCc1ccccc1)[C@H]1CCc2c(ccc(O)c2O)C1. The number of hydrogen-bond acceptors (Lipinski definition) is 4. The summed E-state index contributed by atoms with van der Waals surface area (Å²) in [5.41, 5.74) is 3.56. The molecule has 0 spiro atoms. The van der Waals surface area contributed by atoms with Crippen LogP contribution in [0.2, 0.25) is 0 Å². The van der Waals surface area contributed by atoms with Gasteiger partial charge in [0, 0.05) is 11.6 Å². The van der Waals surface area contributed by atoms with E-state index in [2.05, 4.69) is 47.5 Å². The molecule has 178 valence electrons. The third kappa shape index (κ3) is 8.09. The Labute approximate surface area is 204 Å². The number of nitrogens with zero attached hydrogens (tertiary/aromatic N) is 1. The van der Waals surface area contributed by atoms with Crippen molar-refractivity contribution in [3.05, 3.63) is 59.2 Å². The Morgan fingerprint density at radius 1 is 0.938 bits per heavy atom. The van der Waals surface area contributed by atoms with Gasteiger partial charge in [0.2, 0.25) is 0 Å². The van der Waals surface area contributed by atoms with E-state index >= 15 is 0 Å². The minimum Gasteiger partial charge on any atom is -0.504 e. The van der Waals surface area contributed by atoms with E-state index in [0.717, 1.165) is 50.9 Å². The van der Waals surface area contributed by atoms with E-state index in [9.17, 15) is 10.2 Å². The lowest BCUT2D eigenvalue weighted by Gasteiger charge is -2.35. The van der Waals surface area contributed by atoms with Gasteiger partial charge in [0.05, 0.1) is 0 Å². The summed E-state index contributed by atoms with van der Waals surface area (Å²) >= 11 is 0. The molecule has 5 heteroatoms. The van der Waals surface area contributed by atoms with Gasteiger partial charge in [0.15, 0.2) is 11.5 Å². The van der Waals surface area contributed by atoms with E-state index in [0.29, 0.717) is 6.04 Å². The minimum atomic E-state index is 0. The molecular weight excluding hydrogens is 464 g/mol. The molecule has 3 rings (SSSR count). The molecule has 1 aliphatic carbocycles. The van der Waals surface area contributed by atoms with Gasteiger partial charge in [-0.3, -0.25) is 0 Å². The van der Waals surface area contributed by atoms with E-state index < -0.39 is 0 Å². The van der Waals surface area contributed by atoms with Crippen LogP contribution in [0.5, 0.6) is 11.5 Å². The highest BCUT2D eigenvalue weighted by Crippen LogP contribution is 2.36. The highest BCUT2D eigenvalue weighted by Gasteiger charge is 2.26. The van der Waals surface area contributed by atoms with Gasteiger partial charge in [-0.15, -0.1) is 17.0 Å². The van der Waals surface area contributed by atoms with Crippen LogP contribution < -0.4 is 5.32 Å². The van der Waals surface area contributed by atoms with E-state index in [1.54, 1.807) is 6.07 Å². The number of hydrogen-bond donors (Lipinski definition) is 3. The van der Waals surface area contributed by atoms with Gasteiger partial charge in [-0.05, 0) is 88.3 Å². The smallest absolute Gasteiger partial charge is 0.160 e. The Balaban J connectivity index is 0.00000363. The lowest BCUT2D eigenvalue weighted by Crippen LogP contribution is -2.40. The van der Waals surface area contributed by atoms with Crippen LogP contribution in [0.4, 0.5) is 0 Å². The summed E-state index contributed by atoms with van der Waals surface area (Å²) in [5.74, 6) is 0.104. The first-order valence-corrected chi connectivity index (χ1v) is 12.2. The molecular formula is C27H41BrN2O2. The predicted octanol–water partition coefficient (Wildman–Crippen LogP) is 5.64. The fourth-order valence-corrected chi connectivity index (χ4v) is 4.80. The standard InChI is InChI=1S/C27H40N2O2.BrH/c1-2-19-29(24-13-14-25-23(21-24)12-15-26(30)27(25)31)20-9-4-3-8-17-28-18-16-22-10-6-5-7-11-22;/h5-7,10-12,15,24,28,30-31H,2-4,8-9,13-14,16-21H2,1H3;1H/t24-;/m0./s1. The second kappa shape index (κ2) is 14.6. The zero-order valence-electron chi connectivity index (χ0n) is 19.6. The molecule has 1 atom stereocenters. The largest absolute Gasteiger partial charge is 0.504 e. The maximum absolute atomic E-state index is 10.1. The second-order valence-corrected chi connectivity index (χ2v) is 8.90. The number of nitrogens with one attached hydrogen (secondary N) is 1. The van der Waals surface area contributed by atoms with Crippen molar-refractivity contribution in [2.75, 3.05) is 26.2 Å². The molecule has 0 fully saturated rings. The third-order valence-corrected chi connectivity index (χ3v) is 6.55. The normalized spacial score (nSPS) is 15.4. The molecule has 0 aliphatic heterocycles. The maximum atomic E-state index is 10.1. The van der Waals surface area contributed by atoms with Crippen molar-refractivity contribution in [1.29, 1.82) is 0 Å². The molecule has 0 radical (unpaired) electrons. The molecule has 3 N–H and O–H groups in total. The third-order valence-electron chi connectivity index (χ3n) is 6.55. The second-order valence-electron chi connectivity index (χ2n) is 8.90. The molecule has 0 unspecified atom stereocenters. The van der Waals surface area contributed by atoms with E-state index in [1.165, 1.54) is 49.8 Å². The van der Waals surface area contributed by atoms with Crippen LogP contribution >= 0.6 is 17.0 Å². The lowest BCUT2D eigenvalue weighted by molar-refractivity contribution is 0.175. The summed E-state index contributed by atoms with van der Waals surface area (Å²) in [6, 6.07) is 14.9. The molecule has 0 bridgehead atoms. The first-order chi connectivity index (χ1) is 15.2. The summed E-state index contributed by atoms with van der Waals surface area (Å²) in [6.07, 6.45) is 10.3. The van der Waals surface area contributed by atoms with Gasteiger partial charge in [-0.1, -0.05) is 56.2 Å². The van der Waals surface area contributed by atoms with Gasteiger partial charge < -0.3 is 20.4 Å². The molecule has 0 heterocycles. The number of benzene rings is 2. The maximum Gasteiger partial charge on any atom is 0.160 e. The number of phenols is 2. The van der Waals surface area contributed by atoms with Crippen LogP contribution in [-0.4, -0.2) is 47.3 Å². The van der Waals surface area contributed by atoms with Crippen LogP contribution in [0.25, 0.3) is 0 Å². The van der Waals surface area contributed by atoms with Crippen molar-refractivity contribution in [2.45, 2.75) is 70.8 Å². The van der Waals surface area contributed by atoms with Crippen LogP contribution in [0.3, 0.4) is 0 Å². The Hall–Kier alpha value is -1.56. The molecule has 0 saturated heterocycles. The summed E-state index contributed by atoms with van der Waals surface area (Å²) < 4.78 is 0. The number of phenolic OH excluding ortho intramolecular Hbond substituents is 2. The number of rotatable bonds is 13. The number of unbranched alkanes of at least 4 members (excludes halogenated alkanes) is 3. The van der Waals surface area contributed by atoms with Crippen molar-refractivity contribution < 1.29 is 10.2 Å². The minimum absolute atomic E-state index is 0. The molecule has 4 nitrogen and oxygen atoms in total. The number of halogens is 1. The fourth-order valence-electron chi connectivity index (χ4n) is 4.80. The molecule has 0 amide bonds. The average Bonchev–Trinajstić information content (AvgIpc) is 2.80. The van der Waals surface area contributed by atoms with Gasteiger partial charge >= 0.3 is 0 Å². The van der Waals surface area contributed by atoms with Crippen LogP contribution in [-0.2, 0) is 19.3 Å². The first-order valence-electron chi connectivity index (χ1n) is 12.2. The van der Waals surface area contributed by atoms with E-state index in [-0.39, 0.29) is 28.5 Å². The lowest BCUT2D eigenvalue weighted by atomic mass is 9.86. The molecule has 0 aromatic heterocycles. The average molecular weight is 506 g/mol. The van der Waals surface area contributed by atoms with E-state index in [4.69, 9.17) is 0 Å². The van der Waals surface area contributed by atoms with Gasteiger partial charge in [0.1, 0.15) is 0 Å². The predicted molar refractivity (Wildman–Crippen MR) is 139 cm³/mol. The highest BCUT2D eigenvalue weighted by molar-refractivity contribution is 8.93. The van der Waals surface area contributed by atoms with E-state index in [1.807, 2.05) is 6.07 Å². The molecule has 0 saturated carbocycles. The Kier molecular flexibility index (Phi) is 12.1. The van der Waals surface area contributed by atoms with Crippen LogP contribution in [0.15, 0.2) is 42.5 Å². The molecule has 32 heavy (non-hydrogen) atoms. The van der Waals surface area contributed by atoms with Gasteiger partial charge in [-0.2, -0.15) is 0 Å². The molecule has 2 aromatic carbocycles. The van der Waals surface area contributed by atoms with Crippen molar-refractivity contribution >= 4 is 17.0 Å². The monoisotopic (exact) mass is 504 g/mol. The van der Waals surface area contributed by atoms with Gasteiger partial charge in [0.25, 0.3) is 0 Å². The Morgan fingerprint density at radius 3 is 2.50 bits per heavy atom. The fraction of sp³-hybridized carbons (Fsp3) is 0.556. The van der Waals surface area contributed by atoms with Crippen molar-refractivity contribution in [3.63, 3.8) is 0 Å². The topological polar surface area (TPSA) is 55.7 Å². The van der Waals surface area contributed by atoms with Gasteiger partial charge in [-0.25, -0.2) is 0 Å².